The summed E-state index contributed by atoms with van der Waals surface area (Å²) in [6, 6.07) is 6.53. The quantitative estimate of drug-likeness (QED) is 0.841. The van der Waals surface area contributed by atoms with Gasteiger partial charge < -0.3 is 14.5 Å². The van der Waals surface area contributed by atoms with E-state index in [9.17, 15) is 13.2 Å². The van der Waals surface area contributed by atoms with Crippen LogP contribution < -0.4 is 10.1 Å². The maximum Gasteiger partial charge on any atom is 0.258 e. The second kappa shape index (κ2) is 6.37. The van der Waals surface area contributed by atoms with Gasteiger partial charge in [-0.25, -0.2) is 8.42 Å². The van der Waals surface area contributed by atoms with E-state index in [2.05, 4.69) is 15.5 Å². The van der Waals surface area contributed by atoms with Gasteiger partial charge in [-0.3, -0.25) is 4.79 Å². The molecule has 23 heavy (non-hydrogen) atoms. The van der Waals surface area contributed by atoms with E-state index in [1.165, 1.54) is 6.39 Å². The summed E-state index contributed by atoms with van der Waals surface area (Å²) in [4.78, 5) is 11.8. The smallest absolute Gasteiger partial charge is 0.258 e. The molecule has 1 atom stereocenters. The summed E-state index contributed by atoms with van der Waals surface area (Å²) < 4.78 is 33.1. The lowest BCUT2D eigenvalue weighted by molar-refractivity contribution is -0.123. The molecule has 1 N–H and O–H groups in total. The third-order valence-corrected chi connectivity index (χ3v) is 5.20. The molecule has 0 bridgehead atoms. The van der Waals surface area contributed by atoms with Crippen molar-refractivity contribution in [3.05, 3.63) is 30.7 Å². The molecule has 0 aliphatic carbocycles. The molecule has 2 heterocycles. The Bertz CT molecular complexity index is 771. The normalized spacial score (nSPS) is 19.4. The van der Waals surface area contributed by atoms with Gasteiger partial charge in [-0.2, -0.15) is 0 Å². The highest BCUT2D eigenvalue weighted by Crippen LogP contribution is 2.20. The van der Waals surface area contributed by atoms with Gasteiger partial charge in [-0.1, -0.05) is 0 Å². The maximum atomic E-state index is 11.8. The average Bonchev–Trinajstić information content (AvgIpc) is 3.15. The molecule has 1 saturated heterocycles. The predicted octanol–water partition coefficient (Wildman–Crippen LogP) is 0.419. The number of carbonyl (C=O) groups is 1. The maximum absolute atomic E-state index is 11.8. The van der Waals surface area contributed by atoms with Gasteiger partial charge in [-0.15, -0.1) is 10.2 Å². The molecular formula is C14H15N3O5S. The van der Waals surface area contributed by atoms with Crippen LogP contribution >= 0.6 is 0 Å². The first kappa shape index (κ1) is 15.5. The van der Waals surface area contributed by atoms with Gasteiger partial charge in [0, 0.05) is 11.6 Å². The number of benzene rings is 1. The monoisotopic (exact) mass is 337 g/mol. The zero-order valence-electron chi connectivity index (χ0n) is 12.1. The molecular weight excluding hydrogens is 322 g/mol. The van der Waals surface area contributed by atoms with Crippen molar-refractivity contribution in [1.82, 2.24) is 15.5 Å². The zero-order chi connectivity index (χ0) is 16.3. The molecule has 9 heteroatoms. The third kappa shape index (κ3) is 4.07. The van der Waals surface area contributed by atoms with E-state index in [0.717, 1.165) is 5.56 Å². The molecule has 2 aromatic rings. The van der Waals surface area contributed by atoms with Gasteiger partial charge in [-0.05, 0) is 30.7 Å². The van der Waals surface area contributed by atoms with E-state index in [1.54, 1.807) is 24.3 Å². The SMILES string of the molecule is O=C(COc1ccc(-c2nnco2)cc1)N[C@H]1CCS(=O)(=O)C1. The number of amides is 1. The van der Waals surface area contributed by atoms with Crippen molar-refractivity contribution in [3.63, 3.8) is 0 Å². The van der Waals surface area contributed by atoms with Crippen LogP contribution in [-0.4, -0.2) is 48.7 Å². The minimum Gasteiger partial charge on any atom is -0.484 e. The Balaban J connectivity index is 1.49. The second-order valence-corrected chi connectivity index (χ2v) is 7.45. The summed E-state index contributed by atoms with van der Waals surface area (Å²) in [6.07, 6.45) is 1.69. The van der Waals surface area contributed by atoms with Crippen LogP contribution in [0.1, 0.15) is 6.42 Å². The minimum absolute atomic E-state index is 0.00236. The molecule has 1 aliphatic heterocycles. The molecule has 122 valence electrons. The predicted molar refractivity (Wildman–Crippen MR) is 80.4 cm³/mol. The Kier molecular flexibility index (Phi) is 4.28. The van der Waals surface area contributed by atoms with E-state index in [1.807, 2.05) is 0 Å². The van der Waals surface area contributed by atoms with E-state index < -0.39 is 9.84 Å². The molecule has 1 amide bonds. The van der Waals surface area contributed by atoms with Gasteiger partial charge in [0.1, 0.15) is 5.75 Å². The van der Waals surface area contributed by atoms with Gasteiger partial charge in [0.2, 0.25) is 12.3 Å². The Hall–Kier alpha value is -2.42. The second-order valence-electron chi connectivity index (χ2n) is 5.22. The molecule has 1 aromatic carbocycles. The molecule has 0 saturated carbocycles. The lowest BCUT2D eigenvalue weighted by Gasteiger charge is -2.11. The standard InChI is InChI=1S/C14H15N3O5S/c18-13(16-11-5-6-23(19,20)8-11)7-21-12-3-1-10(2-4-12)14-17-15-9-22-14/h1-4,9,11H,5-8H2,(H,16,18)/t11-/m0/s1. The van der Waals surface area contributed by atoms with Crippen LogP contribution in [-0.2, 0) is 14.6 Å². The van der Waals surface area contributed by atoms with E-state index >= 15 is 0 Å². The largest absolute Gasteiger partial charge is 0.484 e. The summed E-state index contributed by atoms with van der Waals surface area (Å²) in [7, 11) is -3.01. The van der Waals surface area contributed by atoms with Gasteiger partial charge >= 0.3 is 0 Å². The molecule has 0 radical (unpaired) electrons. The van der Waals surface area contributed by atoms with Crippen LogP contribution in [0.4, 0.5) is 0 Å². The molecule has 0 unspecified atom stereocenters. The van der Waals surface area contributed by atoms with Crippen molar-refractivity contribution in [1.29, 1.82) is 0 Å². The van der Waals surface area contributed by atoms with Crippen molar-refractivity contribution in [2.75, 3.05) is 18.1 Å². The van der Waals surface area contributed by atoms with Crippen molar-refractivity contribution < 1.29 is 22.4 Å². The fourth-order valence-electron chi connectivity index (χ4n) is 2.32. The Morgan fingerprint density at radius 3 is 2.74 bits per heavy atom. The lowest BCUT2D eigenvalue weighted by Crippen LogP contribution is -2.38. The van der Waals surface area contributed by atoms with Crippen LogP contribution in [0.2, 0.25) is 0 Å². The molecule has 1 aromatic heterocycles. The fourth-order valence-corrected chi connectivity index (χ4v) is 3.99. The first-order chi connectivity index (χ1) is 11.0. The number of hydrogen-bond donors (Lipinski definition) is 1. The van der Waals surface area contributed by atoms with Crippen LogP contribution in [0.15, 0.2) is 35.1 Å². The van der Waals surface area contributed by atoms with Gasteiger partial charge in [0.05, 0.1) is 11.5 Å². The highest BCUT2D eigenvalue weighted by Gasteiger charge is 2.28. The van der Waals surface area contributed by atoms with E-state index in [-0.39, 0.29) is 30.1 Å². The van der Waals surface area contributed by atoms with Crippen molar-refractivity contribution in [2.45, 2.75) is 12.5 Å². The van der Waals surface area contributed by atoms with Crippen LogP contribution in [0.5, 0.6) is 5.75 Å². The average molecular weight is 337 g/mol. The molecule has 1 fully saturated rings. The number of nitrogens with zero attached hydrogens (tertiary/aromatic N) is 2. The van der Waals surface area contributed by atoms with Gasteiger partial charge in [0.15, 0.2) is 16.4 Å². The van der Waals surface area contributed by atoms with E-state index in [4.69, 9.17) is 9.15 Å². The van der Waals surface area contributed by atoms with Crippen LogP contribution in [0.3, 0.4) is 0 Å². The highest BCUT2D eigenvalue weighted by atomic mass is 32.2. The van der Waals surface area contributed by atoms with Crippen LogP contribution in [0.25, 0.3) is 11.5 Å². The van der Waals surface area contributed by atoms with Crippen LogP contribution in [0, 0.1) is 0 Å². The van der Waals surface area contributed by atoms with Crippen molar-refractivity contribution in [3.8, 4) is 17.2 Å². The molecule has 1 aliphatic rings. The highest BCUT2D eigenvalue weighted by molar-refractivity contribution is 7.91. The zero-order valence-corrected chi connectivity index (χ0v) is 13.0. The number of sulfone groups is 1. The number of carbonyl (C=O) groups excluding carboxylic acids is 1. The number of aromatic nitrogens is 2. The lowest BCUT2D eigenvalue weighted by atomic mass is 10.2. The summed E-state index contributed by atoms with van der Waals surface area (Å²) >= 11 is 0. The Labute approximate surface area is 132 Å². The summed E-state index contributed by atoms with van der Waals surface area (Å²) in [5.41, 5.74) is 0.746. The third-order valence-electron chi connectivity index (χ3n) is 3.43. The van der Waals surface area contributed by atoms with Gasteiger partial charge in [0.25, 0.3) is 5.91 Å². The van der Waals surface area contributed by atoms with Crippen molar-refractivity contribution >= 4 is 15.7 Å². The molecule has 8 nitrogen and oxygen atoms in total. The topological polar surface area (TPSA) is 111 Å². The molecule has 0 spiro atoms. The Morgan fingerprint density at radius 1 is 1.35 bits per heavy atom. The fraction of sp³-hybridized carbons (Fsp3) is 0.357. The summed E-state index contributed by atoms with van der Waals surface area (Å²) in [5.74, 6) is 0.695. The first-order valence-corrected chi connectivity index (χ1v) is 8.83. The number of nitrogens with one attached hydrogen (secondary N) is 1. The molecule has 3 rings (SSSR count). The van der Waals surface area contributed by atoms with E-state index in [0.29, 0.717) is 18.1 Å². The number of hydrogen-bond acceptors (Lipinski definition) is 7. The minimum atomic E-state index is -3.01. The number of rotatable bonds is 5. The summed E-state index contributed by atoms with van der Waals surface area (Å²) in [5, 5.41) is 10.0. The first-order valence-electron chi connectivity index (χ1n) is 7.01. The van der Waals surface area contributed by atoms with Crippen molar-refractivity contribution in [2.24, 2.45) is 0 Å². The Morgan fingerprint density at radius 2 is 2.13 bits per heavy atom. The summed E-state index contributed by atoms with van der Waals surface area (Å²) in [6.45, 7) is -0.170. The number of ether oxygens (including phenoxy) is 1.